The van der Waals surface area contributed by atoms with Gasteiger partial charge in [-0.1, -0.05) is 42.5 Å². The number of benzene rings is 4. The van der Waals surface area contributed by atoms with Crippen LogP contribution in [0.5, 0.6) is 11.5 Å². The molecule has 4 aromatic carbocycles. The van der Waals surface area contributed by atoms with Crippen molar-refractivity contribution in [1.82, 2.24) is 5.32 Å². The number of rotatable bonds is 10. The number of amides is 1. The smallest absolute Gasteiger partial charge is 0.461 e. The van der Waals surface area contributed by atoms with Gasteiger partial charge in [0.1, 0.15) is 23.1 Å². The third kappa shape index (κ3) is 7.09. The highest BCUT2D eigenvalue weighted by atomic mass is 19.4. The van der Waals surface area contributed by atoms with Crippen LogP contribution in [-0.4, -0.2) is 25.6 Å². The number of ether oxygens (including phenoxy) is 2. The van der Waals surface area contributed by atoms with Crippen LogP contribution in [0.25, 0.3) is 0 Å². The standard InChI is InChI=1S/C31H22F9NO3/c1-43-26-12-7-19(13-25(26)30(36,37)38)27(42)41-29(17-18-5-3-2-4-6-18,20-8-10-22(32)11-9-20)21-14-23(33)16-24(15-21)44-31(39,40)28(34)35/h2-16,28H,17H2,1H3,(H,41,42). The minimum absolute atomic E-state index is 0.0397. The fourth-order valence-corrected chi connectivity index (χ4v) is 4.60. The molecule has 4 aromatic rings. The summed E-state index contributed by atoms with van der Waals surface area (Å²) in [6.45, 7) is 0. The molecule has 0 saturated carbocycles. The van der Waals surface area contributed by atoms with E-state index in [9.17, 15) is 44.3 Å². The van der Waals surface area contributed by atoms with E-state index in [-0.39, 0.29) is 17.5 Å². The molecule has 44 heavy (non-hydrogen) atoms. The molecule has 1 unspecified atom stereocenters. The van der Waals surface area contributed by atoms with Gasteiger partial charge in [0, 0.05) is 18.1 Å². The van der Waals surface area contributed by atoms with Gasteiger partial charge in [0.15, 0.2) is 0 Å². The highest BCUT2D eigenvalue weighted by Crippen LogP contribution is 2.40. The number of methoxy groups -OCH3 is 1. The lowest BCUT2D eigenvalue weighted by Crippen LogP contribution is -2.48. The zero-order valence-corrected chi connectivity index (χ0v) is 22.6. The first-order chi connectivity index (χ1) is 20.6. The summed E-state index contributed by atoms with van der Waals surface area (Å²) < 4.78 is 133. The molecule has 0 aliphatic carbocycles. The number of hydrogen-bond donors (Lipinski definition) is 1. The molecule has 0 radical (unpaired) electrons. The maximum atomic E-state index is 15.0. The Balaban J connectivity index is 1.95. The summed E-state index contributed by atoms with van der Waals surface area (Å²) in [5, 5.41) is 2.58. The van der Waals surface area contributed by atoms with Crippen molar-refractivity contribution in [3.8, 4) is 11.5 Å². The first-order valence-corrected chi connectivity index (χ1v) is 12.7. The largest absolute Gasteiger partial charge is 0.496 e. The van der Waals surface area contributed by atoms with Gasteiger partial charge in [-0.15, -0.1) is 0 Å². The molecule has 0 aromatic heterocycles. The number of hydrogen-bond acceptors (Lipinski definition) is 3. The van der Waals surface area contributed by atoms with Crippen LogP contribution in [0.2, 0.25) is 0 Å². The first-order valence-electron chi connectivity index (χ1n) is 12.7. The Hall–Kier alpha value is -4.68. The maximum absolute atomic E-state index is 15.0. The van der Waals surface area contributed by atoms with E-state index in [1.54, 1.807) is 30.3 Å². The zero-order valence-electron chi connectivity index (χ0n) is 22.6. The lowest BCUT2D eigenvalue weighted by molar-refractivity contribution is -0.253. The average Bonchev–Trinajstić information content (AvgIpc) is 2.96. The van der Waals surface area contributed by atoms with E-state index in [4.69, 9.17) is 4.74 Å². The van der Waals surface area contributed by atoms with Crippen LogP contribution in [0.3, 0.4) is 0 Å². The van der Waals surface area contributed by atoms with Crippen molar-refractivity contribution in [3.05, 3.63) is 130 Å². The fraction of sp³-hybridized carbons (Fsp3) is 0.194. The molecule has 1 amide bonds. The lowest BCUT2D eigenvalue weighted by atomic mass is 9.77. The SMILES string of the molecule is COc1ccc(C(=O)NC(Cc2ccccc2)(c2ccc(F)cc2)c2cc(F)cc(OC(F)(F)C(F)F)c2)cc1C(F)(F)F. The van der Waals surface area contributed by atoms with Crippen molar-refractivity contribution in [3.63, 3.8) is 0 Å². The topological polar surface area (TPSA) is 47.6 Å². The highest BCUT2D eigenvalue weighted by molar-refractivity contribution is 5.95. The van der Waals surface area contributed by atoms with Crippen molar-refractivity contribution in [2.75, 3.05) is 7.11 Å². The van der Waals surface area contributed by atoms with Gasteiger partial charge in [-0.2, -0.15) is 30.7 Å². The van der Waals surface area contributed by atoms with Gasteiger partial charge in [0.25, 0.3) is 5.91 Å². The summed E-state index contributed by atoms with van der Waals surface area (Å²) in [7, 11) is 1.00. The van der Waals surface area contributed by atoms with Crippen molar-refractivity contribution < 1.29 is 53.8 Å². The maximum Gasteiger partial charge on any atom is 0.461 e. The van der Waals surface area contributed by atoms with Gasteiger partial charge in [-0.05, 0) is 59.2 Å². The predicted octanol–water partition coefficient (Wildman–Crippen LogP) is 8.15. The number of nitrogens with one attached hydrogen (secondary N) is 1. The van der Waals surface area contributed by atoms with E-state index in [2.05, 4.69) is 10.1 Å². The highest BCUT2D eigenvalue weighted by Gasteiger charge is 2.45. The molecule has 1 N–H and O–H groups in total. The van der Waals surface area contributed by atoms with Crippen LogP contribution in [0.15, 0.2) is 91.0 Å². The fourth-order valence-electron chi connectivity index (χ4n) is 4.60. The van der Waals surface area contributed by atoms with Gasteiger partial charge in [-0.3, -0.25) is 4.79 Å². The molecule has 4 rings (SSSR count). The van der Waals surface area contributed by atoms with Crippen molar-refractivity contribution in [1.29, 1.82) is 0 Å². The van der Waals surface area contributed by atoms with Crippen LogP contribution >= 0.6 is 0 Å². The lowest BCUT2D eigenvalue weighted by Gasteiger charge is -2.37. The Morgan fingerprint density at radius 2 is 1.45 bits per heavy atom. The number of halogens is 9. The minimum Gasteiger partial charge on any atom is -0.496 e. The zero-order chi connectivity index (χ0) is 32.3. The van der Waals surface area contributed by atoms with Crippen molar-refractivity contribution >= 4 is 5.91 Å². The summed E-state index contributed by atoms with van der Waals surface area (Å²) in [5.74, 6) is -4.71. The quantitative estimate of drug-likeness (QED) is 0.181. The first kappa shape index (κ1) is 32.2. The van der Waals surface area contributed by atoms with Crippen LogP contribution in [0.4, 0.5) is 39.5 Å². The number of carbonyl (C=O) groups is 1. The number of alkyl halides is 7. The monoisotopic (exact) mass is 627 g/mol. The Morgan fingerprint density at radius 1 is 0.795 bits per heavy atom. The van der Waals surface area contributed by atoms with Crippen LogP contribution < -0.4 is 14.8 Å². The van der Waals surface area contributed by atoms with E-state index in [0.717, 1.165) is 43.5 Å². The van der Waals surface area contributed by atoms with E-state index < -0.39 is 64.4 Å². The summed E-state index contributed by atoms with van der Waals surface area (Å²) in [6.07, 6.45) is -14.5. The molecule has 0 fully saturated rings. The molecule has 0 heterocycles. The molecule has 0 aliphatic rings. The normalized spacial score (nSPS) is 13.3. The molecule has 0 bridgehead atoms. The van der Waals surface area contributed by atoms with Gasteiger partial charge in [0.05, 0.1) is 18.2 Å². The van der Waals surface area contributed by atoms with E-state index in [1.165, 1.54) is 12.1 Å². The Morgan fingerprint density at radius 3 is 2.05 bits per heavy atom. The second kappa shape index (κ2) is 12.5. The molecule has 0 aliphatic heterocycles. The second-order valence-electron chi connectivity index (χ2n) is 9.58. The molecule has 13 heteroatoms. The Labute approximate surface area is 245 Å². The van der Waals surface area contributed by atoms with Crippen molar-refractivity contribution in [2.45, 2.75) is 30.7 Å². The van der Waals surface area contributed by atoms with E-state index in [1.807, 2.05) is 0 Å². The molecule has 4 nitrogen and oxygen atoms in total. The van der Waals surface area contributed by atoms with Gasteiger partial charge in [-0.25, -0.2) is 8.78 Å². The minimum atomic E-state index is -5.02. The van der Waals surface area contributed by atoms with Crippen molar-refractivity contribution in [2.24, 2.45) is 0 Å². The van der Waals surface area contributed by atoms with E-state index in [0.29, 0.717) is 17.7 Å². The third-order valence-electron chi connectivity index (χ3n) is 6.62. The van der Waals surface area contributed by atoms with Gasteiger partial charge < -0.3 is 14.8 Å². The molecular weight excluding hydrogens is 605 g/mol. The summed E-state index contributed by atoms with van der Waals surface area (Å²) in [4.78, 5) is 13.7. The molecular formula is C31H22F9NO3. The van der Waals surface area contributed by atoms with Crippen LogP contribution in [-0.2, 0) is 18.1 Å². The summed E-state index contributed by atoms with van der Waals surface area (Å²) in [6, 6.07) is 16.8. The summed E-state index contributed by atoms with van der Waals surface area (Å²) >= 11 is 0. The van der Waals surface area contributed by atoms with Gasteiger partial charge >= 0.3 is 18.7 Å². The molecule has 0 saturated heterocycles. The molecule has 0 spiro atoms. The summed E-state index contributed by atoms with van der Waals surface area (Å²) in [5.41, 5.74) is -3.64. The van der Waals surface area contributed by atoms with Crippen LogP contribution in [0, 0.1) is 11.6 Å². The van der Waals surface area contributed by atoms with E-state index >= 15 is 0 Å². The number of carbonyl (C=O) groups excluding carboxylic acids is 1. The average molecular weight is 628 g/mol. The molecule has 1 atom stereocenters. The Kier molecular flexibility index (Phi) is 9.17. The predicted molar refractivity (Wildman–Crippen MR) is 141 cm³/mol. The Bertz CT molecular complexity index is 1610. The van der Waals surface area contributed by atoms with Crippen LogP contribution in [0.1, 0.15) is 32.6 Å². The third-order valence-corrected chi connectivity index (χ3v) is 6.62. The van der Waals surface area contributed by atoms with Gasteiger partial charge in [0.2, 0.25) is 0 Å². The second-order valence-corrected chi connectivity index (χ2v) is 9.58. The molecule has 232 valence electrons.